The number of nitrogens with one attached hydrogen (secondary N) is 2. The van der Waals surface area contributed by atoms with E-state index in [0.29, 0.717) is 18.5 Å². The van der Waals surface area contributed by atoms with E-state index < -0.39 is 0 Å². The normalized spacial score (nSPS) is 26.4. The van der Waals surface area contributed by atoms with Crippen molar-refractivity contribution in [1.82, 2.24) is 5.32 Å². The van der Waals surface area contributed by atoms with Crippen molar-refractivity contribution in [1.29, 1.82) is 0 Å². The Labute approximate surface area is 123 Å². The second-order valence-electron chi connectivity index (χ2n) is 5.46. The quantitative estimate of drug-likeness (QED) is 0.891. The predicted molar refractivity (Wildman–Crippen MR) is 82.1 cm³/mol. The molecule has 0 saturated heterocycles. The molecule has 0 aliphatic heterocycles. The Morgan fingerprint density at radius 1 is 1.26 bits per heavy atom. The molecule has 19 heavy (non-hydrogen) atoms. The van der Waals surface area contributed by atoms with Gasteiger partial charge in [-0.2, -0.15) is 0 Å². The maximum atomic E-state index is 11.9. The van der Waals surface area contributed by atoms with E-state index in [1.165, 1.54) is 12.8 Å². The standard InChI is InChI=1S/C15H21BrN2O/c1-10-3-8-14(11(10)2)17-9-15(19)18-13-6-4-12(16)5-7-13/h4-7,10-11,14,17H,3,8-9H2,1-2H3,(H,18,19). The monoisotopic (exact) mass is 324 g/mol. The highest BCUT2D eigenvalue weighted by molar-refractivity contribution is 9.10. The minimum Gasteiger partial charge on any atom is -0.325 e. The fourth-order valence-corrected chi connectivity index (χ4v) is 2.88. The van der Waals surface area contributed by atoms with Gasteiger partial charge in [-0.3, -0.25) is 4.79 Å². The van der Waals surface area contributed by atoms with Gasteiger partial charge in [0.1, 0.15) is 0 Å². The summed E-state index contributed by atoms with van der Waals surface area (Å²) in [6.45, 7) is 4.94. The molecule has 1 aromatic carbocycles. The predicted octanol–water partition coefficient (Wildman–Crippen LogP) is 3.41. The highest BCUT2D eigenvalue weighted by Crippen LogP contribution is 2.30. The third-order valence-electron chi connectivity index (χ3n) is 4.12. The largest absolute Gasteiger partial charge is 0.325 e. The SMILES string of the molecule is CC1CCC(NCC(=O)Nc2ccc(Br)cc2)C1C. The summed E-state index contributed by atoms with van der Waals surface area (Å²) in [5.41, 5.74) is 0.836. The molecule has 3 atom stereocenters. The zero-order valence-electron chi connectivity index (χ0n) is 11.4. The molecule has 0 bridgehead atoms. The smallest absolute Gasteiger partial charge is 0.238 e. The first-order chi connectivity index (χ1) is 9.06. The highest BCUT2D eigenvalue weighted by Gasteiger charge is 2.29. The zero-order valence-corrected chi connectivity index (χ0v) is 13.0. The number of carbonyl (C=O) groups is 1. The molecule has 0 heterocycles. The van der Waals surface area contributed by atoms with Crippen LogP contribution in [-0.4, -0.2) is 18.5 Å². The van der Waals surface area contributed by atoms with Crippen molar-refractivity contribution in [3.05, 3.63) is 28.7 Å². The molecular formula is C15H21BrN2O. The summed E-state index contributed by atoms with van der Waals surface area (Å²) in [6, 6.07) is 8.10. The Kier molecular flexibility index (Phi) is 4.99. The second-order valence-corrected chi connectivity index (χ2v) is 6.37. The number of hydrogen-bond acceptors (Lipinski definition) is 2. The number of amides is 1. The Hall–Kier alpha value is -0.870. The molecule has 2 rings (SSSR count). The van der Waals surface area contributed by atoms with Gasteiger partial charge in [-0.15, -0.1) is 0 Å². The van der Waals surface area contributed by atoms with Crippen LogP contribution in [-0.2, 0) is 4.79 Å². The van der Waals surface area contributed by atoms with E-state index in [2.05, 4.69) is 40.4 Å². The van der Waals surface area contributed by atoms with E-state index in [0.717, 1.165) is 16.1 Å². The molecule has 0 spiro atoms. The minimum absolute atomic E-state index is 0.0223. The molecular weight excluding hydrogens is 304 g/mol. The molecule has 3 unspecified atom stereocenters. The van der Waals surface area contributed by atoms with Crippen molar-refractivity contribution in [2.75, 3.05) is 11.9 Å². The van der Waals surface area contributed by atoms with Crippen LogP contribution in [0.2, 0.25) is 0 Å². The lowest BCUT2D eigenvalue weighted by Gasteiger charge is -2.19. The van der Waals surface area contributed by atoms with Crippen LogP contribution in [0.25, 0.3) is 0 Å². The van der Waals surface area contributed by atoms with Crippen LogP contribution in [0.4, 0.5) is 5.69 Å². The highest BCUT2D eigenvalue weighted by atomic mass is 79.9. The van der Waals surface area contributed by atoms with E-state index in [9.17, 15) is 4.79 Å². The van der Waals surface area contributed by atoms with Crippen LogP contribution >= 0.6 is 15.9 Å². The van der Waals surface area contributed by atoms with Crippen molar-refractivity contribution in [3.63, 3.8) is 0 Å². The topological polar surface area (TPSA) is 41.1 Å². The molecule has 1 aliphatic rings. The van der Waals surface area contributed by atoms with E-state index in [-0.39, 0.29) is 5.91 Å². The van der Waals surface area contributed by atoms with Crippen molar-refractivity contribution in [2.45, 2.75) is 32.7 Å². The fraction of sp³-hybridized carbons (Fsp3) is 0.533. The molecule has 1 amide bonds. The number of halogens is 1. The number of hydrogen-bond donors (Lipinski definition) is 2. The Balaban J connectivity index is 1.77. The van der Waals surface area contributed by atoms with Gasteiger partial charge >= 0.3 is 0 Å². The van der Waals surface area contributed by atoms with Crippen molar-refractivity contribution >= 4 is 27.5 Å². The molecule has 1 aromatic rings. The minimum atomic E-state index is 0.0223. The van der Waals surface area contributed by atoms with Gasteiger partial charge in [0.25, 0.3) is 0 Å². The van der Waals surface area contributed by atoms with Gasteiger partial charge in [0.2, 0.25) is 5.91 Å². The van der Waals surface area contributed by atoms with Crippen molar-refractivity contribution in [3.8, 4) is 0 Å². The molecule has 1 aliphatic carbocycles. The summed E-state index contributed by atoms with van der Waals surface area (Å²) in [6.07, 6.45) is 2.43. The van der Waals surface area contributed by atoms with Crippen LogP contribution in [0, 0.1) is 11.8 Å². The lowest BCUT2D eigenvalue weighted by Crippen LogP contribution is -2.38. The van der Waals surface area contributed by atoms with E-state index >= 15 is 0 Å². The fourth-order valence-electron chi connectivity index (χ4n) is 2.61. The number of carbonyl (C=O) groups excluding carboxylic acids is 1. The molecule has 3 nitrogen and oxygen atoms in total. The Morgan fingerprint density at radius 3 is 2.53 bits per heavy atom. The third kappa shape index (κ3) is 4.05. The van der Waals surface area contributed by atoms with Gasteiger partial charge in [-0.25, -0.2) is 0 Å². The zero-order chi connectivity index (χ0) is 13.8. The second kappa shape index (κ2) is 6.53. The lowest BCUT2D eigenvalue weighted by atomic mass is 9.98. The van der Waals surface area contributed by atoms with Gasteiger partial charge < -0.3 is 10.6 Å². The van der Waals surface area contributed by atoms with Crippen LogP contribution in [0.3, 0.4) is 0 Å². The van der Waals surface area contributed by atoms with E-state index in [4.69, 9.17) is 0 Å². The third-order valence-corrected chi connectivity index (χ3v) is 4.65. The lowest BCUT2D eigenvalue weighted by molar-refractivity contribution is -0.115. The Bertz CT molecular complexity index is 432. The summed E-state index contributed by atoms with van der Waals surface area (Å²) in [7, 11) is 0. The molecule has 0 radical (unpaired) electrons. The number of rotatable bonds is 4. The number of benzene rings is 1. The molecule has 2 N–H and O–H groups in total. The van der Waals surface area contributed by atoms with Crippen LogP contribution in [0.15, 0.2) is 28.7 Å². The van der Waals surface area contributed by atoms with E-state index in [1.807, 2.05) is 24.3 Å². The summed E-state index contributed by atoms with van der Waals surface area (Å²) in [5.74, 6) is 1.43. The first-order valence-corrected chi connectivity index (χ1v) is 7.64. The maximum Gasteiger partial charge on any atom is 0.238 e. The summed E-state index contributed by atoms with van der Waals surface area (Å²) >= 11 is 3.37. The van der Waals surface area contributed by atoms with Crippen molar-refractivity contribution in [2.24, 2.45) is 11.8 Å². The summed E-state index contributed by atoms with van der Waals surface area (Å²) in [4.78, 5) is 11.9. The Morgan fingerprint density at radius 2 is 1.95 bits per heavy atom. The van der Waals surface area contributed by atoms with Crippen molar-refractivity contribution < 1.29 is 4.79 Å². The van der Waals surface area contributed by atoms with Crippen LogP contribution in [0.5, 0.6) is 0 Å². The van der Waals surface area contributed by atoms with Crippen LogP contribution < -0.4 is 10.6 Å². The summed E-state index contributed by atoms with van der Waals surface area (Å²) in [5, 5.41) is 6.27. The molecule has 1 fully saturated rings. The van der Waals surface area contributed by atoms with Gasteiger partial charge in [0.15, 0.2) is 0 Å². The maximum absolute atomic E-state index is 11.9. The average Bonchev–Trinajstić information content (AvgIpc) is 2.70. The number of anilines is 1. The molecule has 104 valence electrons. The molecule has 0 aromatic heterocycles. The average molecular weight is 325 g/mol. The first kappa shape index (κ1) is 14.5. The van der Waals surface area contributed by atoms with Gasteiger partial charge in [-0.05, 0) is 48.9 Å². The van der Waals surface area contributed by atoms with Gasteiger partial charge in [-0.1, -0.05) is 29.8 Å². The molecule has 1 saturated carbocycles. The van der Waals surface area contributed by atoms with Gasteiger partial charge in [0, 0.05) is 16.2 Å². The van der Waals surface area contributed by atoms with E-state index in [1.54, 1.807) is 0 Å². The van der Waals surface area contributed by atoms with Crippen LogP contribution in [0.1, 0.15) is 26.7 Å². The first-order valence-electron chi connectivity index (χ1n) is 6.85. The summed E-state index contributed by atoms with van der Waals surface area (Å²) < 4.78 is 1.01. The molecule has 4 heteroatoms. The van der Waals surface area contributed by atoms with Gasteiger partial charge in [0.05, 0.1) is 6.54 Å².